The first kappa shape index (κ1) is 14.2. The van der Waals surface area contributed by atoms with Crippen LogP contribution in [0, 0.1) is 0 Å². The molecule has 108 valence electrons. The second-order valence-corrected chi connectivity index (χ2v) is 4.77. The highest BCUT2D eigenvalue weighted by Crippen LogP contribution is 2.41. The lowest BCUT2D eigenvalue weighted by molar-refractivity contribution is -0.137. The Morgan fingerprint density at radius 2 is 1.95 bits per heavy atom. The molecule has 0 fully saturated rings. The van der Waals surface area contributed by atoms with Gasteiger partial charge in [-0.2, -0.15) is 13.2 Å². The van der Waals surface area contributed by atoms with Gasteiger partial charge in [-0.15, -0.1) is 0 Å². The van der Waals surface area contributed by atoms with Crippen molar-refractivity contribution in [2.24, 2.45) is 0 Å². The first-order chi connectivity index (χ1) is 9.02. The first-order valence-corrected chi connectivity index (χ1v) is 5.51. The summed E-state index contributed by atoms with van der Waals surface area (Å²) in [4.78, 5) is 22.5. The third kappa shape index (κ3) is 2.28. The van der Waals surface area contributed by atoms with Gasteiger partial charge in [-0.1, -0.05) is 0 Å². The number of fused-ring (bicyclic) bond motifs is 1. The van der Waals surface area contributed by atoms with Crippen molar-refractivity contribution < 1.29 is 32.6 Å². The zero-order valence-electron chi connectivity index (χ0n) is 10.5. The van der Waals surface area contributed by atoms with Gasteiger partial charge in [-0.3, -0.25) is 5.32 Å². The molecule has 1 aliphatic heterocycles. The Morgan fingerprint density at radius 1 is 1.35 bits per heavy atom. The van der Waals surface area contributed by atoms with Crippen LogP contribution in [0.25, 0.3) is 0 Å². The third-order valence-corrected chi connectivity index (χ3v) is 2.92. The molecule has 0 bridgehead atoms. The molecule has 0 unspecified atom stereocenters. The molecule has 0 aromatic heterocycles. The summed E-state index contributed by atoms with van der Waals surface area (Å²) in [6, 6.07) is 1.27. The number of amides is 1. The molecule has 0 radical (unpaired) electrons. The number of aromatic carboxylic acids is 1. The Bertz CT molecular complexity index is 607. The molecule has 0 saturated carbocycles. The van der Waals surface area contributed by atoms with Crippen LogP contribution in [0.2, 0.25) is 0 Å². The highest BCUT2D eigenvalue weighted by molar-refractivity contribution is 6.01. The van der Waals surface area contributed by atoms with Crippen LogP contribution in [0.15, 0.2) is 12.1 Å². The number of hydrogen-bond acceptors (Lipinski definition) is 3. The molecule has 0 spiro atoms. The zero-order chi connectivity index (χ0) is 15.3. The molecule has 1 amide bonds. The monoisotopic (exact) mass is 289 g/mol. The maximum atomic E-state index is 12.8. The summed E-state index contributed by atoms with van der Waals surface area (Å²) in [5, 5.41) is 11.2. The third-order valence-electron chi connectivity index (χ3n) is 2.92. The van der Waals surface area contributed by atoms with Crippen molar-refractivity contribution >= 4 is 17.7 Å². The molecule has 1 aliphatic rings. The highest BCUT2D eigenvalue weighted by atomic mass is 19.4. The van der Waals surface area contributed by atoms with Crippen molar-refractivity contribution in [1.82, 2.24) is 0 Å². The van der Waals surface area contributed by atoms with E-state index in [1.54, 1.807) is 0 Å². The summed E-state index contributed by atoms with van der Waals surface area (Å²) in [7, 11) is 0. The van der Waals surface area contributed by atoms with Crippen LogP contribution in [0.3, 0.4) is 0 Å². The van der Waals surface area contributed by atoms with Gasteiger partial charge in [0.25, 0.3) is 0 Å². The van der Waals surface area contributed by atoms with E-state index in [9.17, 15) is 22.8 Å². The Hall–Kier alpha value is -2.25. The van der Waals surface area contributed by atoms with Gasteiger partial charge in [0.05, 0.1) is 16.8 Å². The van der Waals surface area contributed by atoms with Crippen molar-refractivity contribution in [2.45, 2.75) is 25.6 Å². The van der Waals surface area contributed by atoms with Crippen LogP contribution in [0.4, 0.5) is 23.7 Å². The minimum Gasteiger partial charge on any atom is -0.478 e. The van der Waals surface area contributed by atoms with E-state index in [1.807, 2.05) is 0 Å². The second-order valence-electron chi connectivity index (χ2n) is 4.77. The van der Waals surface area contributed by atoms with Gasteiger partial charge in [0.2, 0.25) is 0 Å². The van der Waals surface area contributed by atoms with Gasteiger partial charge < -0.3 is 9.84 Å². The van der Waals surface area contributed by atoms with Crippen LogP contribution in [0.1, 0.15) is 35.3 Å². The van der Waals surface area contributed by atoms with Gasteiger partial charge in [0.1, 0.15) is 5.60 Å². The standard InChI is InChI=1S/C12H10F3NO4/c1-11(2)7-4-5(12(13,14)15)3-6(9(17)18)8(7)16-10(19)20-11/h3-4H,1-2H3,(H,16,19)(H,17,18). The van der Waals surface area contributed by atoms with Crippen LogP contribution in [-0.4, -0.2) is 17.2 Å². The maximum absolute atomic E-state index is 12.8. The smallest absolute Gasteiger partial charge is 0.416 e. The summed E-state index contributed by atoms with van der Waals surface area (Å²) >= 11 is 0. The Balaban J connectivity index is 2.77. The van der Waals surface area contributed by atoms with Crippen LogP contribution in [0.5, 0.6) is 0 Å². The van der Waals surface area contributed by atoms with Gasteiger partial charge in [-0.25, -0.2) is 9.59 Å². The van der Waals surface area contributed by atoms with E-state index in [0.29, 0.717) is 6.07 Å². The fraction of sp³-hybridized carbons (Fsp3) is 0.333. The molecule has 8 heteroatoms. The Morgan fingerprint density at radius 3 is 2.45 bits per heavy atom. The zero-order valence-corrected chi connectivity index (χ0v) is 10.5. The fourth-order valence-electron chi connectivity index (χ4n) is 2.00. The number of halogens is 3. The number of nitrogens with one attached hydrogen (secondary N) is 1. The molecule has 2 N–H and O–H groups in total. The van der Waals surface area contributed by atoms with E-state index in [4.69, 9.17) is 9.84 Å². The van der Waals surface area contributed by atoms with Crippen LogP contribution >= 0.6 is 0 Å². The minimum absolute atomic E-state index is 0.0377. The van der Waals surface area contributed by atoms with Crippen LogP contribution < -0.4 is 5.32 Å². The van der Waals surface area contributed by atoms with E-state index in [0.717, 1.165) is 6.07 Å². The highest BCUT2D eigenvalue weighted by Gasteiger charge is 2.40. The first-order valence-electron chi connectivity index (χ1n) is 5.51. The lowest BCUT2D eigenvalue weighted by Gasteiger charge is -2.33. The summed E-state index contributed by atoms with van der Waals surface area (Å²) in [5.74, 6) is -1.56. The molecule has 0 atom stereocenters. The topological polar surface area (TPSA) is 75.6 Å². The number of carbonyl (C=O) groups is 2. The predicted octanol–water partition coefficient (Wildman–Crippen LogP) is 3.20. The summed E-state index contributed by atoms with van der Waals surface area (Å²) in [5.41, 5.74) is -3.31. The van der Waals surface area contributed by atoms with Gasteiger partial charge in [0.15, 0.2) is 0 Å². The van der Waals surface area contributed by atoms with E-state index in [2.05, 4.69) is 5.32 Å². The number of carbonyl (C=O) groups excluding carboxylic acids is 1. The van der Waals surface area contributed by atoms with Crippen LogP contribution in [-0.2, 0) is 16.5 Å². The van der Waals surface area contributed by atoms with Crippen molar-refractivity contribution in [3.63, 3.8) is 0 Å². The number of benzene rings is 1. The van der Waals surface area contributed by atoms with Crippen molar-refractivity contribution in [2.75, 3.05) is 5.32 Å². The molecular formula is C12H10F3NO4. The number of carboxylic acid groups (broad SMARTS) is 1. The van der Waals surface area contributed by atoms with E-state index >= 15 is 0 Å². The summed E-state index contributed by atoms with van der Waals surface area (Å²) in [6.07, 6.45) is -5.61. The largest absolute Gasteiger partial charge is 0.478 e. The molecule has 0 saturated heterocycles. The normalized spacial score (nSPS) is 16.9. The Labute approximate surface area is 111 Å². The lowest BCUT2D eigenvalue weighted by atomic mass is 9.90. The molecule has 1 heterocycles. The van der Waals surface area contributed by atoms with Crippen molar-refractivity contribution in [1.29, 1.82) is 0 Å². The number of hydrogen-bond donors (Lipinski definition) is 2. The van der Waals surface area contributed by atoms with Gasteiger partial charge >= 0.3 is 18.2 Å². The van der Waals surface area contributed by atoms with E-state index in [1.165, 1.54) is 13.8 Å². The number of cyclic esters (lactones) is 1. The average molecular weight is 289 g/mol. The number of rotatable bonds is 1. The molecule has 0 aliphatic carbocycles. The van der Waals surface area contributed by atoms with Gasteiger partial charge in [0, 0.05) is 5.56 Å². The molecule has 2 rings (SSSR count). The quantitative estimate of drug-likeness (QED) is 0.832. The average Bonchev–Trinajstić information content (AvgIpc) is 2.24. The number of anilines is 1. The van der Waals surface area contributed by atoms with Crippen molar-refractivity contribution in [3.8, 4) is 0 Å². The molecular weight excluding hydrogens is 279 g/mol. The predicted molar refractivity (Wildman–Crippen MR) is 61.5 cm³/mol. The summed E-state index contributed by atoms with van der Waals surface area (Å²) in [6.45, 7) is 2.77. The SMILES string of the molecule is CC1(C)OC(=O)Nc2c(C(=O)O)cc(C(F)(F)F)cc21. The van der Waals surface area contributed by atoms with Gasteiger partial charge in [-0.05, 0) is 26.0 Å². The maximum Gasteiger partial charge on any atom is 0.416 e. The van der Waals surface area contributed by atoms with Crippen molar-refractivity contribution in [3.05, 3.63) is 28.8 Å². The molecule has 5 nitrogen and oxygen atoms in total. The molecule has 1 aromatic carbocycles. The number of alkyl halides is 3. The van der Waals surface area contributed by atoms with E-state index < -0.39 is 35.0 Å². The Kier molecular flexibility index (Phi) is 2.92. The molecule has 20 heavy (non-hydrogen) atoms. The minimum atomic E-state index is -4.70. The number of ether oxygens (including phenoxy) is 1. The fourth-order valence-corrected chi connectivity index (χ4v) is 2.00. The second kappa shape index (κ2) is 4.12. The number of carboxylic acids is 1. The lowest BCUT2D eigenvalue weighted by Crippen LogP contribution is -2.36. The van der Waals surface area contributed by atoms with E-state index in [-0.39, 0.29) is 11.3 Å². The molecule has 1 aromatic rings. The summed E-state index contributed by atoms with van der Waals surface area (Å²) < 4.78 is 43.3.